The minimum atomic E-state index is 0.178. The Morgan fingerprint density at radius 3 is 3.00 bits per heavy atom. The van der Waals surface area contributed by atoms with Crippen LogP contribution < -0.4 is 0 Å². The van der Waals surface area contributed by atoms with Gasteiger partial charge in [-0.3, -0.25) is 9.78 Å². The number of hydrogen-bond donors (Lipinski definition) is 1. The van der Waals surface area contributed by atoms with Crippen LogP contribution in [0.25, 0.3) is 22.4 Å². The number of aromatic nitrogens is 6. The van der Waals surface area contributed by atoms with E-state index in [0.29, 0.717) is 11.3 Å². The standard InChI is InChI=1S/C9H7ClN6/c1-16-3-2-6(15-16)7-5-4-11-14-8(5)13-9(10)12-7/h2-4H,1H3,(H,11,12,13,14). The molecule has 0 aliphatic rings. The first kappa shape index (κ1) is 9.29. The highest BCUT2D eigenvalue weighted by molar-refractivity contribution is 6.28. The van der Waals surface area contributed by atoms with E-state index in [1.165, 1.54) is 0 Å². The summed E-state index contributed by atoms with van der Waals surface area (Å²) in [6.07, 6.45) is 3.51. The number of H-pyrrole nitrogens is 1. The number of aryl methyl sites for hydroxylation is 1. The molecule has 3 rings (SSSR count). The van der Waals surface area contributed by atoms with E-state index in [-0.39, 0.29) is 5.28 Å². The fraction of sp³-hybridized carbons (Fsp3) is 0.111. The smallest absolute Gasteiger partial charge is 0.225 e. The first-order chi connectivity index (χ1) is 7.74. The van der Waals surface area contributed by atoms with Crippen LogP contribution in [-0.4, -0.2) is 29.9 Å². The second-order valence-corrected chi connectivity index (χ2v) is 3.69. The highest BCUT2D eigenvalue weighted by atomic mass is 35.5. The van der Waals surface area contributed by atoms with Crippen LogP contribution >= 0.6 is 11.6 Å². The summed E-state index contributed by atoms with van der Waals surface area (Å²) in [6.45, 7) is 0. The van der Waals surface area contributed by atoms with Gasteiger partial charge in [0.15, 0.2) is 5.65 Å². The van der Waals surface area contributed by atoms with Gasteiger partial charge in [0.2, 0.25) is 5.28 Å². The number of fused-ring (bicyclic) bond motifs is 1. The number of aromatic amines is 1. The molecule has 3 aromatic rings. The molecule has 6 nitrogen and oxygen atoms in total. The Kier molecular flexibility index (Phi) is 1.90. The van der Waals surface area contributed by atoms with Gasteiger partial charge < -0.3 is 0 Å². The second kappa shape index (κ2) is 3.28. The van der Waals surface area contributed by atoms with E-state index >= 15 is 0 Å². The third-order valence-electron chi connectivity index (χ3n) is 2.24. The van der Waals surface area contributed by atoms with Crippen molar-refractivity contribution in [1.82, 2.24) is 29.9 Å². The third-order valence-corrected chi connectivity index (χ3v) is 2.41. The topological polar surface area (TPSA) is 72.3 Å². The molecule has 1 N–H and O–H groups in total. The highest BCUT2D eigenvalue weighted by Crippen LogP contribution is 2.24. The van der Waals surface area contributed by atoms with E-state index < -0.39 is 0 Å². The van der Waals surface area contributed by atoms with Crippen molar-refractivity contribution < 1.29 is 0 Å². The van der Waals surface area contributed by atoms with E-state index in [4.69, 9.17) is 11.6 Å². The highest BCUT2D eigenvalue weighted by Gasteiger charge is 2.12. The zero-order valence-electron chi connectivity index (χ0n) is 8.35. The van der Waals surface area contributed by atoms with Crippen molar-refractivity contribution in [3.63, 3.8) is 0 Å². The first-order valence-corrected chi connectivity index (χ1v) is 4.98. The predicted octanol–water partition coefficient (Wildman–Crippen LogP) is 1.41. The Morgan fingerprint density at radius 1 is 1.38 bits per heavy atom. The predicted molar refractivity (Wildman–Crippen MR) is 58.9 cm³/mol. The SMILES string of the molecule is Cn1ccc(-c2nc(Cl)nc3[nH]ncc23)n1. The summed E-state index contributed by atoms with van der Waals surface area (Å²) in [6, 6.07) is 1.87. The molecule has 3 aromatic heterocycles. The van der Waals surface area contributed by atoms with Crippen molar-refractivity contribution in [2.24, 2.45) is 7.05 Å². The summed E-state index contributed by atoms with van der Waals surface area (Å²) >= 11 is 5.83. The largest absolute Gasteiger partial charge is 0.275 e. The summed E-state index contributed by atoms with van der Waals surface area (Å²) in [7, 11) is 1.85. The molecule has 80 valence electrons. The summed E-state index contributed by atoms with van der Waals surface area (Å²) < 4.78 is 1.71. The molecular weight excluding hydrogens is 228 g/mol. The Balaban J connectivity index is 2.33. The van der Waals surface area contributed by atoms with Gasteiger partial charge in [-0.05, 0) is 17.7 Å². The summed E-state index contributed by atoms with van der Waals surface area (Å²) in [5.41, 5.74) is 2.04. The average Bonchev–Trinajstić information content (AvgIpc) is 2.84. The van der Waals surface area contributed by atoms with Gasteiger partial charge in [0.1, 0.15) is 11.4 Å². The van der Waals surface area contributed by atoms with Crippen LogP contribution in [0.1, 0.15) is 0 Å². The van der Waals surface area contributed by atoms with Crippen LogP contribution in [0.5, 0.6) is 0 Å². The van der Waals surface area contributed by atoms with Crippen LogP contribution in [-0.2, 0) is 7.05 Å². The van der Waals surface area contributed by atoms with Crippen molar-refractivity contribution in [1.29, 1.82) is 0 Å². The van der Waals surface area contributed by atoms with E-state index in [0.717, 1.165) is 11.1 Å². The van der Waals surface area contributed by atoms with Gasteiger partial charge in [0.25, 0.3) is 0 Å². The second-order valence-electron chi connectivity index (χ2n) is 3.35. The van der Waals surface area contributed by atoms with Gasteiger partial charge >= 0.3 is 0 Å². The number of nitrogens with zero attached hydrogens (tertiary/aromatic N) is 5. The molecule has 0 saturated heterocycles. The molecule has 3 heterocycles. The lowest BCUT2D eigenvalue weighted by Crippen LogP contribution is -1.92. The maximum Gasteiger partial charge on any atom is 0.225 e. The molecule has 0 atom stereocenters. The Hall–Kier alpha value is -1.95. The van der Waals surface area contributed by atoms with Gasteiger partial charge in [-0.15, -0.1) is 0 Å². The Bertz CT molecular complexity index is 655. The molecule has 0 spiro atoms. The molecule has 0 aliphatic carbocycles. The first-order valence-electron chi connectivity index (χ1n) is 4.60. The molecular formula is C9H7ClN6. The van der Waals surface area contributed by atoms with Crippen molar-refractivity contribution in [2.75, 3.05) is 0 Å². The van der Waals surface area contributed by atoms with Crippen molar-refractivity contribution in [2.45, 2.75) is 0 Å². The van der Waals surface area contributed by atoms with Gasteiger partial charge in [-0.1, -0.05) is 0 Å². The fourth-order valence-electron chi connectivity index (χ4n) is 1.54. The van der Waals surface area contributed by atoms with E-state index in [1.54, 1.807) is 10.9 Å². The zero-order chi connectivity index (χ0) is 11.1. The van der Waals surface area contributed by atoms with Gasteiger partial charge in [0, 0.05) is 13.2 Å². The van der Waals surface area contributed by atoms with Gasteiger partial charge in [-0.2, -0.15) is 15.2 Å². The summed E-state index contributed by atoms with van der Waals surface area (Å²) in [4.78, 5) is 8.21. The summed E-state index contributed by atoms with van der Waals surface area (Å²) in [5, 5.41) is 11.9. The zero-order valence-corrected chi connectivity index (χ0v) is 9.10. The Morgan fingerprint density at radius 2 is 2.25 bits per heavy atom. The minimum absolute atomic E-state index is 0.178. The molecule has 0 amide bonds. The lowest BCUT2D eigenvalue weighted by Gasteiger charge is -1.98. The maximum atomic E-state index is 5.83. The molecule has 0 aliphatic heterocycles. The quantitative estimate of drug-likeness (QED) is 0.646. The number of hydrogen-bond acceptors (Lipinski definition) is 4. The molecule has 0 radical (unpaired) electrons. The van der Waals surface area contributed by atoms with Crippen LogP contribution in [0.2, 0.25) is 5.28 Å². The van der Waals surface area contributed by atoms with Crippen LogP contribution in [0, 0.1) is 0 Å². The average molecular weight is 235 g/mol. The van der Waals surface area contributed by atoms with Crippen LogP contribution in [0.3, 0.4) is 0 Å². The van der Waals surface area contributed by atoms with Crippen molar-refractivity contribution in [3.8, 4) is 11.4 Å². The number of nitrogens with one attached hydrogen (secondary N) is 1. The van der Waals surface area contributed by atoms with E-state index in [9.17, 15) is 0 Å². The number of halogens is 1. The van der Waals surface area contributed by atoms with E-state index in [2.05, 4.69) is 25.3 Å². The fourth-order valence-corrected chi connectivity index (χ4v) is 1.71. The lowest BCUT2D eigenvalue weighted by atomic mass is 10.2. The third kappa shape index (κ3) is 1.35. The van der Waals surface area contributed by atoms with Gasteiger partial charge in [0.05, 0.1) is 11.6 Å². The molecule has 0 fully saturated rings. The molecule has 0 saturated carbocycles. The van der Waals surface area contributed by atoms with E-state index in [1.807, 2.05) is 19.3 Å². The molecule has 7 heteroatoms. The normalized spacial score (nSPS) is 11.1. The van der Waals surface area contributed by atoms with Crippen molar-refractivity contribution in [3.05, 3.63) is 23.7 Å². The van der Waals surface area contributed by atoms with Gasteiger partial charge in [-0.25, -0.2) is 4.98 Å². The molecule has 0 bridgehead atoms. The summed E-state index contributed by atoms with van der Waals surface area (Å²) in [5.74, 6) is 0. The molecule has 16 heavy (non-hydrogen) atoms. The van der Waals surface area contributed by atoms with Crippen LogP contribution in [0.4, 0.5) is 0 Å². The van der Waals surface area contributed by atoms with Crippen LogP contribution in [0.15, 0.2) is 18.5 Å². The Labute approximate surface area is 95.3 Å². The molecule has 0 unspecified atom stereocenters. The maximum absolute atomic E-state index is 5.83. The minimum Gasteiger partial charge on any atom is -0.275 e. The number of rotatable bonds is 1. The monoisotopic (exact) mass is 234 g/mol. The molecule has 0 aromatic carbocycles. The lowest BCUT2D eigenvalue weighted by molar-refractivity contribution is 0.770. The van der Waals surface area contributed by atoms with Crippen molar-refractivity contribution >= 4 is 22.6 Å².